The van der Waals surface area contributed by atoms with Crippen molar-refractivity contribution in [3.63, 3.8) is 0 Å². The van der Waals surface area contributed by atoms with E-state index in [4.69, 9.17) is 10.4 Å². The average Bonchev–Trinajstić information content (AvgIpc) is 2.73. The number of nitriles is 1. The molecule has 1 heterocycles. The summed E-state index contributed by atoms with van der Waals surface area (Å²) in [4.78, 5) is 10.9. The fourth-order valence-electron chi connectivity index (χ4n) is 1.77. The van der Waals surface area contributed by atoms with E-state index in [1.54, 1.807) is 6.92 Å². The predicted octanol–water partition coefficient (Wildman–Crippen LogP) is 1.95. The second-order valence-corrected chi connectivity index (χ2v) is 4.02. The Hall–Kier alpha value is -2.68. The topological polar surface area (TPSA) is 78.9 Å². The molecule has 0 aliphatic carbocycles. The molecule has 5 nitrogen and oxygen atoms in total. The maximum atomic E-state index is 13.0. The van der Waals surface area contributed by atoms with Crippen LogP contribution in [0.25, 0.3) is 0 Å². The van der Waals surface area contributed by atoms with Crippen molar-refractivity contribution in [1.29, 1.82) is 5.26 Å². The predicted molar refractivity (Wildman–Crippen MR) is 64.1 cm³/mol. The highest BCUT2D eigenvalue weighted by Gasteiger charge is 2.14. The minimum absolute atomic E-state index is 0.112. The van der Waals surface area contributed by atoms with Crippen molar-refractivity contribution in [2.45, 2.75) is 13.5 Å². The molecule has 2 rings (SSSR count). The Morgan fingerprint density at radius 2 is 2.32 bits per heavy atom. The van der Waals surface area contributed by atoms with Gasteiger partial charge in [-0.3, -0.25) is 4.68 Å². The third-order valence-electron chi connectivity index (χ3n) is 2.85. The van der Waals surface area contributed by atoms with Crippen molar-refractivity contribution in [1.82, 2.24) is 9.78 Å². The summed E-state index contributed by atoms with van der Waals surface area (Å²) in [6.07, 6.45) is 1.26. The van der Waals surface area contributed by atoms with Gasteiger partial charge in [-0.15, -0.1) is 0 Å². The van der Waals surface area contributed by atoms with E-state index in [-0.39, 0.29) is 17.7 Å². The molecular formula is C13H10FN3O2. The lowest BCUT2D eigenvalue weighted by Crippen LogP contribution is -2.07. The summed E-state index contributed by atoms with van der Waals surface area (Å²) >= 11 is 0. The number of rotatable bonds is 3. The van der Waals surface area contributed by atoms with Crippen molar-refractivity contribution in [2.75, 3.05) is 0 Å². The van der Waals surface area contributed by atoms with Crippen LogP contribution in [0.3, 0.4) is 0 Å². The SMILES string of the molecule is Cc1c(C(=O)O)cnn1Cc1ccc(F)cc1C#N. The van der Waals surface area contributed by atoms with Crippen LogP contribution >= 0.6 is 0 Å². The minimum Gasteiger partial charge on any atom is -0.478 e. The van der Waals surface area contributed by atoms with Crippen molar-refractivity contribution >= 4 is 5.97 Å². The fraction of sp³-hybridized carbons (Fsp3) is 0.154. The lowest BCUT2D eigenvalue weighted by atomic mass is 10.1. The van der Waals surface area contributed by atoms with E-state index >= 15 is 0 Å². The van der Waals surface area contributed by atoms with Crippen LogP contribution in [0.15, 0.2) is 24.4 Å². The number of carboxylic acids is 1. The van der Waals surface area contributed by atoms with Gasteiger partial charge in [0.15, 0.2) is 0 Å². The number of benzene rings is 1. The lowest BCUT2D eigenvalue weighted by molar-refractivity contribution is 0.0696. The minimum atomic E-state index is -1.05. The van der Waals surface area contributed by atoms with Crippen molar-refractivity contribution < 1.29 is 14.3 Å². The molecule has 0 atom stereocenters. The van der Waals surface area contributed by atoms with E-state index in [9.17, 15) is 9.18 Å². The summed E-state index contributed by atoms with van der Waals surface area (Å²) in [6, 6.07) is 5.81. The third kappa shape index (κ3) is 2.45. The Balaban J connectivity index is 2.37. The van der Waals surface area contributed by atoms with Crippen LogP contribution in [0.4, 0.5) is 4.39 Å². The van der Waals surface area contributed by atoms with Crippen LogP contribution in [0.1, 0.15) is 27.2 Å². The number of hydrogen-bond donors (Lipinski definition) is 1. The maximum absolute atomic E-state index is 13.0. The molecule has 1 aromatic carbocycles. The number of nitrogens with zero attached hydrogens (tertiary/aromatic N) is 3. The number of carbonyl (C=O) groups is 1. The Morgan fingerprint density at radius 3 is 2.89 bits per heavy atom. The van der Waals surface area contributed by atoms with Crippen LogP contribution in [0.5, 0.6) is 0 Å². The van der Waals surface area contributed by atoms with Crippen LogP contribution < -0.4 is 0 Å². The highest BCUT2D eigenvalue weighted by molar-refractivity contribution is 5.88. The Kier molecular flexibility index (Phi) is 3.29. The molecule has 1 N–H and O–H groups in total. The monoisotopic (exact) mass is 259 g/mol. The van der Waals surface area contributed by atoms with Gasteiger partial charge < -0.3 is 5.11 Å². The maximum Gasteiger partial charge on any atom is 0.339 e. The Morgan fingerprint density at radius 1 is 1.58 bits per heavy atom. The van der Waals surface area contributed by atoms with Crippen LogP contribution in [-0.2, 0) is 6.54 Å². The summed E-state index contributed by atoms with van der Waals surface area (Å²) in [7, 11) is 0. The van der Waals surface area contributed by atoms with E-state index in [0.717, 1.165) is 6.07 Å². The molecule has 0 saturated carbocycles. The first kappa shape index (κ1) is 12.8. The Labute approximate surface area is 108 Å². The van der Waals surface area contributed by atoms with Gasteiger partial charge in [-0.05, 0) is 24.6 Å². The third-order valence-corrected chi connectivity index (χ3v) is 2.85. The highest BCUT2D eigenvalue weighted by Crippen LogP contribution is 2.14. The van der Waals surface area contributed by atoms with Gasteiger partial charge in [-0.25, -0.2) is 9.18 Å². The molecule has 0 saturated heterocycles. The molecule has 0 radical (unpaired) electrons. The van der Waals surface area contributed by atoms with Gasteiger partial charge in [-0.2, -0.15) is 10.4 Å². The van der Waals surface area contributed by atoms with Crippen molar-refractivity contribution in [2.24, 2.45) is 0 Å². The molecule has 96 valence electrons. The molecular weight excluding hydrogens is 249 g/mol. The smallest absolute Gasteiger partial charge is 0.339 e. The number of aromatic nitrogens is 2. The Bertz CT molecular complexity index is 686. The fourth-order valence-corrected chi connectivity index (χ4v) is 1.77. The molecule has 0 bridgehead atoms. The molecule has 0 fully saturated rings. The molecule has 1 aromatic heterocycles. The van der Waals surface area contributed by atoms with E-state index < -0.39 is 11.8 Å². The summed E-state index contributed by atoms with van der Waals surface area (Å²) in [5, 5.41) is 21.8. The molecule has 2 aromatic rings. The van der Waals surface area contributed by atoms with Gasteiger partial charge >= 0.3 is 5.97 Å². The van der Waals surface area contributed by atoms with E-state index in [0.29, 0.717) is 11.3 Å². The first-order valence-electron chi connectivity index (χ1n) is 5.47. The van der Waals surface area contributed by atoms with Gasteiger partial charge in [0.2, 0.25) is 0 Å². The van der Waals surface area contributed by atoms with Gasteiger partial charge in [-0.1, -0.05) is 6.07 Å². The second-order valence-electron chi connectivity index (χ2n) is 4.02. The molecule has 19 heavy (non-hydrogen) atoms. The zero-order chi connectivity index (χ0) is 14.0. The summed E-state index contributed by atoms with van der Waals surface area (Å²) < 4.78 is 14.5. The van der Waals surface area contributed by atoms with E-state index in [1.165, 1.54) is 23.0 Å². The number of hydrogen-bond acceptors (Lipinski definition) is 3. The standard InChI is InChI=1S/C13H10FN3O2/c1-8-12(13(18)19)6-16-17(8)7-9-2-3-11(14)4-10(9)5-15/h2-4,6H,7H2,1H3,(H,18,19). The van der Waals surface area contributed by atoms with Crippen molar-refractivity contribution in [3.05, 3.63) is 52.6 Å². The van der Waals surface area contributed by atoms with E-state index in [1.807, 2.05) is 6.07 Å². The number of aromatic carboxylic acids is 1. The normalized spacial score (nSPS) is 10.2. The molecule has 0 spiro atoms. The molecule has 0 aliphatic heterocycles. The highest BCUT2D eigenvalue weighted by atomic mass is 19.1. The molecule has 0 unspecified atom stereocenters. The van der Waals surface area contributed by atoms with Crippen molar-refractivity contribution in [3.8, 4) is 6.07 Å². The second kappa shape index (κ2) is 4.90. The van der Waals surface area contributed by atoms with Crippen LogP contribution in [0.2, 0.25) is 0 Å². The number of halogens is 1. The van der Waals surface area contributed by atoms with Crippen LogP contribution in [-0.4, -0.2) is 20.9 Å². The summed E-state index contributed by atoms with van der Waals surface area (Å²) in [5.74, 6) is -1.54. The van der Waals surface area contributed by atoms with Gasteiger partial charge in [0, 0.05) is 0 Å². The molecule has 6 heteroatoms. The van der Waals surface area contributed by atoms with Gasteiger partial charge in [0.25, 0.3) is 0 Å². The zero-order valence-electron chi connectivity index (χ0n) is 10.1. The average molecular weight is 259 g/mol. The van der Waals surface area contributed by atoms with E-state index in [2.05, 4.69) is 5.10 Å². The van der Waals surface area contributed by atoms with Crippen LogP contribution in [0, 0.1) is 24.1 Å². The van der Waals surface area contributed by atoms with Gasteiger partial charge in [0.1, 0.15) is 11.4 Å². The molecule has 0 amide bonds. The first-order chi connectivity index (χ1) is 9.02. The lowest BCUT2D eigenvalue weighted by Gasteiger charge is -2.07. The quantitative estimate of drug-likeness (QED) is 0.913. The molecule has 0 aliphatic rings. The largest absolute Gasteiger partial charge is 0.478 e. The number of carboxylic acid groups (broad SMARTS) is 1. The summed E-state index contributed by atoms with van der Waals surface area (Å²) in [6.45, 7) is 1.86. The zero-order valence-corrected chi connectivity index (χ0v) is 10.1. The van der Waals surface area contributed by atoms with Gasteiger partial charge in [0.05, 0.1) is 30.1 Å². The summed E-state index contributed by atoms with van der Waals surface area (Å²) in [5.41, 5.74) is 1.40. The first-order valence-corrected chi connectivity index (χ1v) is 5.47.